The first-order valence-corrected chi connectivity index (χ1v) is 6.95. The molecule has 21 heavy (non-hydrogen) atoms. The minimum absolute atomic E-state index is 0.225. The predicted octanol–water partition coefficient (Wildman–Crippen LogP) is 2.14. The standard InChI is InChI=1S/C15H19N5O/c1-4-12-13(5-2)19-20-15(17-12)18-14(21)10-6-7-11(16)9(3)8-10/h6-8H,4-5,16H2,1-3H3,(H,17,18,20,21). The highest BCUT2D eigenvalue weighted by Crippen LogP contribution is 2.14. The number of rotatable bonds is 4. The molecule has 1 amide bonds. The average molecular weight is 285 g/mol. The van der Waals surface area contributed by atoms with E-state index in [-0.39, 0.29) is 11.9 Å². The van der Waals surface area contributed by atoms with Gasteiger partial charge in [0.05, 0.1) is 11.4 Å². The normalized spacial score (nSPS) is 10.4. The molecule has 1 aromatic carbocycles. The number of benzene rings is 1. The van der Waals surface area contributed by atoms with Gasteiger partial charge in [-0.25, -0.2) is 4.98 Å². The number of carbonyl (C=O) groups excluding carboxylic acids is 1. The second-order valence-electron chi connectivity index (χ2n) is 4.76. The van der Waals surface area contributed by atoms with Crippen LogP contribution in [0.15, 0.2) is 18.2 Å². The summed E-state index contributed by atoms with van der Waals surface area (Å²) >= 11 is 0. The van der Waals surface area contributed by atoms with E-state index in [2.05, 4.69) is 20.5 Å². The Labute approximate surface area is 123 Å². The Hall–Kier alpha value is -2.50. The number of nitrogens with zero attached hydrogens (tertiary/aromatic N) is 3. The van der Waals surface area contributed by atoms with Crippen molar-refractivity contribution in [1.82, 2.24) is 15.2 Å². The molecular formula is C15H19N5O. The van der Waals surface area contributed by atoms with E-state index in [4.69, 9.17) is 5.73 Å². The van der Waals surface area contributed by atoms with Crippen molar-refractivity contribution in [3.05, 3.63) is 40.7 Å². The summed E-state index contributed by atoms with van der Waals surface area (Å²) in [4.78, 5) is 16.5. The molecule has 0 fully saturated rings. The Morgan fingerprint density at radius 2 is 1.90 bits per heavy atom. The van der Waals surface area contributed by atoms with Gasteiger partial charge in [0.25, 0.3) is 5.91 Å². The summed E-state index contributed by atoms with van der Waals surface area (Å²) < 4.78 is 0. The van der Waals surface area contributed by atoms with Crippen LogP contribution in [-0.4, -0.2) is 21.1 Å². The van der Waals surface area contributed by atoms with Crippen molar-refractivity contribution in [3.63, 3.8) is 0 Å². The molecule has 6 nitrogen and oxygen atoms in total. The quantitative estimate of drug-likeness (QED) is 0.839. The highest BCUT2D eigenvalue weighted by atomic mass is 16.1. The van der Waals surface area contributed by atoms with Gasteiger partial charge in [-0.15, -0.1) is 10.2 Å². The zero-order valence-corrected chi connectivity index (χ0v) is 12.5. The number of hydrogen-bond acceptors (Lipinski definition) is 5. The average Bonchev–Trinajstić information content (AvgIpc) is 2.49. The SMILES string of the molecule is CCc1nnc(NC(=O)c2ccc(N)c(C)c2)nc1CC. The molecule has 2 rings (SSSR count). The second kappa shape index (κ2) is 6.30. The van der Waals surface area contributed by atoms with Crippen molar-refractivity contribution in [2.45, 2.75) is 33.6 Å². The molecule has 1 aromatic heterocycles. The fraction of sp³-hybridized carbons (Fsp3) is 0.333. The van der Waals surface area contributed by atoms with Crippen molar-refractivity contribution in [2.75, 3.05) is 11.1 Å². The number of nitrogens with one attached hydrogen (secondary N) is 1. The van der Waals surface area contributed by atoms with Gasteiger partial charge in [-0.2, -0.15) is 0 Å². The van der Waals surface area contributed by atoms with Gasteiger partial charge in [0.2, 0.25) is 5.95 Å². The highest BCUT2D eigenvalue weighted by Gasteiger charge is 2.11. The number of nitrogens with two attached hydrogens (primary N) is 1. The molecule has 0 saturated heterocycles. The van der Waals surface area contributed by atoms with E-state index in [1.807, 2.05) is 20.8 Å². The van der Waals surface area contributed by atoms with E-state index in [0.717, 1.165) is 29.8 Å². The lowest BCUT2D eigenvalue weighted by Gasteiger charge is -2.08. The fourth-order valence-corrected chi connectivity index (χ4v) is 1.98. The largest absolute Gasteiger partial charge is 0.399 e. The van der Waals surface area contributed by atoms with Crippen LogP contribution in [0.3, 0.4) is 0 Å². The molecule has 3 N–H and O–H groups in total. The zero-order chi connectivity index (χ0) is 15.4. The number of amides is 1. The van der Waals surface area contributed by atoms with Crippen LogP contribution in [0, 0.1) is 6.92 Å². The van der Waals surface area contributed by atoms with Crippen molar-refractivity contribution >= 4 is 17.5 Å². The third-order valence-electron chi connectivity index (χ3n) is 3.27. The molecule has 0 atom stereocenters. The van der Waals surface area contributed by atoms with Crippen LogP contribution in [0.1, 0.15) is 41.2 Å². The van der Waals surface area contributed by atoms with Crippen LogP contribution in [-0.2, 0) is 12.8 Å². The summed E-state index contributed by atoms with van der Waals surface area (Å²) in [5.74, 6) is -0.0465. The molecule has 0 aliphatic carbocycles. The van der Waals surface area contributed by atoms with Crippen LogP contribution >= 0.6 is 0 Å². The number of hydrogen-bond donors (Lipinski definition) is 2. The lowest BCUT2D eigenvalue weighted by Crippen LogP contribution is -2.16. The van der Waals surface area contributed by atoms with Crippen molar-refractivity contribution < 1.29 is 4.79 Å². The molecule has 0 saturated carbocycles. The topological polar surface area (TPSA) is 93.8 Å². The van der Waals surface area contributed by atoms with Crippen LogP contribution in [0.5, 0.6) is 0 Å². The van der Waals surface area contributed by atoms with Gasteiger partial charge in [-0.05, 0) is 43.5 Å². The summed E-state index contributed by atoms with van der Waals surface area (Å²) in [5, 5.41) is 10.7. The molecule has 0 unspecified atom stereocenters. The maximum Gasteiger partial charge on any atom is 0.258 e. The van der Waals surface area contributed by atoms with Gasteiger partial charge >= 0.3 is 0 Å². The van der Waals surface area contributed by atoms with E-state index in [1.54, 1.807) is 18.2 Å². The number of aromatic nitrogens is 3. The first-order chi connectivity index (χ1) is 10.0. The molecule has 2 aromatic rings. The van der Waals surface area contributed by atoms with Crippen LogP contribution in [0.25, 0.3) is 0 Å². The molecular weight excluding hydrogens is 266 g/mol. The number of aryl methyl sites for hydroxylation is 3. The molecule has 0 aliphatic rings. The maximum atomic E-state index is 12.2. The monoisotopic (exact) mass is 285 g/mol. The van der Waals surface area contributed by atoms with Gasteiger partial charge in [0.15, 0.2) is 0 Å². The Kier molecular flexibility index (Phi) is 4.47. The summed E-state index contributed by atoms with van der Waals surface area (Å²) in [5.41, 5.74) is 9.50. The summed E-state index contributed by atoms with van der Waals surface area (Å²) in [6.07, 6.45) is 1.52. The van der Waals surface area contributed by atoms with E-state index in [1.165, 1.54) is 0 Å². The van der Waals surface area contributed by atoms with Gasteiger partial charge in [0, 0.05) is 11.3 Å². The van der Waals surface area contributed by atoms with Crippen LogP contribution in [0.2, 0.25) is 0 Å². The van der Waals surface area contributed by atoms with Crippen molar-refractivity contribution in [3.8, 4) is 0 Å². The molecule has 0 bridgehead atoms. The first kappa shape index (κ1) is 14.9. The lowest BCUT2D eigenvalue weighted by atomic mass is 10.1. The van der Waals surface area contributed by atoms with E-state index < -0.39 is 0 Å². The molecule has 1 heterocycles. The molecule has 0 radical (unpaired) electrons. The number of nitrogen functional groups attached to an aromatic ring is 1. The Bertz CT molecular complexity index is 669. The van der Waals surface area contributed by atoms with Gasteiger partial charge in [0.1, 0.15) is 0 Å². The van der Waals surface area contributed by atoms with E-state index in [0.29, 0.717) is 11.3 Å². The first-order valence-electron chi connectivity index (χ1n) is 6.95. The molecule has 6 heteroatoms. The second-order valence-corrected chi connectivity index (χ2v) is 4.76. The number of anilines is 2. The molecule has 0 spiro atoms. The lowest BCUT2D eigenvalue weighted by molar-refractivity contribution is 0.102. The van der Waals surface area contributed by atoms with Crippen LogP contribution < -0.4 is 11.1 Å². The highest BCUT2D eigenvalue weighted by molar-refractivity contribution is 6.03. The number of carbonyl (C=O) groups is 1. The minimum Gasteiger partial charge on any atom is -0.399 e. The minimum atomic E-state index is -0.272. The maximum absolute atomic E-state index is 12.2. The molecule has 110 valence electrons. The van der Waals surface area contributed by atoms with Crippen molar-refractivity contribution in [2.24, 2.45) is 0 Å². The van der Waals surface area contributed by atoms with E-state index in [9.17, 15) is 4.79 Å². The fourth-order valence-electron chi connectivity index (χ4n) is 1.98. The summed E-state index contributed by atoms with van der Waals surface area (Å²) in [7, 11) is 0. The van der Waals surface area contributed by atoms with Gasteiger partial charge < -0.3 is 5.73 Å². The van der Waals surface area contributed by atoms with E-state index >= 15 is 0 Å². The van der Waals surface area contributed by atoms with Crippen LogP contribution in [0.4, 0.5) is 11.6 Å². The predicted molar refractivity (Wildman–Crippen MR) is 82.1 cm³/mol. The third kappa shape index (κ3) is 3.34. The van der Waals surface area contributed by atoms with Crippen molar-refractivity contribution in [1.29, 1.82) is 0 Å². The smallest absolute Gasteiger partial charge is 0.258 e. The Morgan fingerprint density at radius 1 is 1.19 bits per heavy atom. The Balaban J connectivity index is 2.21. The third-order valence-corrected chi connectivity index (χ3v) is 3.27. The molecule has 0 aliphatic heterocycles. The summed E-state index contributed by atoms with van der Waals surface area (Å²) in [6.45, 7) is 5.85. The Morgan fingerprint density at radius 3 is 2.52 bits per heavy atom. The summed E-state index contributed by atoms with van der Waals surface area (Å²) in [6, 6.07) is 5.12. The zero-order valence-electron chi connectivity index (χ0n) is 12.5. The van der Waals surface area contributed by atoms with Gasteiger partial charge in [-0.1, -0.05) is 13.8 Å². The van der Waals surface area contributed by atoms with Gasteiger partial charge in [-0.3, -0.25) is 10.1 Å².